The van der Waals surface area contributed by atoms with Crippen molar-refractivity contribution >= 4 is 32.3 Å². The van der Waals surface area contributed by atoms with Gasteiger partial charge in [-0.25, -0.2) is 0 Å². The van der Waals surface area contributed by atoms with Crippen molar-refractivity contribution in [2.45, 2.75) is 13.8 Å². The molecule has 0 radical (unpaired) electrons. The molecule has 0 saturated carbocycles. The summed E-state index contributed by atoms with van der Waals surface area (Å²) in [5.41, 5.74) is 5.31. The van der Waals surface area contributed by atoms with E-state index in [-0.39, 0.29) is 0 Å². The van der Waals surface area contributed by atoms with Crippen LogP contribution in [-0.2, 0) is 0 Å². The molecule has 0 aromatic heterocycles. The summed E-state index contributed by atoms with van der Waals surface area (Å²) in [5, 5.41) is 8.10. The quantitative estimate of drug-likeness (QED) is 0.296. The topological polar surface area (TPSA) is 0 Å². The molecule has 0 fully saturated rings. The molecular weight excluding hydrogens is 288 g/mol. The smallest absolute Gasteiger partial charge is 0.00206 e. The van der Waals surface area contributed by atoms with Crippen molar-refractivity contribution in [2.75, 3.05) is 0 Å². The highest BCUT2D eigenvalue weighted by Gasteiger charge is 2.12. The fraction of sp³-hybridized carbons (Fsp3) is 0.0833. The van der Waals surface area contributed by atoms with E-state index in [0.717, 1.165) is 0 Å². The van der Waals surface area contributed by atoms with Crippen LogP contribution in [0.1, 0.15) is 11.1 Å². The monoisotopic (exact) mass is 306 g/mol. The van der Waals surface area contributed by atoms with Crippen LogP contribution in [0.2, 0.25) is 0 Å². The lowest BCUT2D eigenvalue weighted by Gasteiger charge is -2.15. The van der Waals surface area contributed by atoms with E-state index < -0.39 is 0 Å². The van der Waals surface area contributed by atoms with Crippen molar-refractivity contribution in [3.8, 4) is 11.1 Å². The second-order valence-corrected chi connectivity index (χ2v) is 6.79. The molecule has 0 aliphatic carbocycles. The van der Waals surface area contributed by atoms with Crippen LogP contribution in [0.15, 0.2) is 72.8 Å². The molecule has 0 heterocycles. The van der Waals surface area contributed by atoms with Gasteiger partial charge in [-0.2, -0.15) is 0 Å². The lowest BCUT2D eigenvalue weighted by atomic mass is 9.88. The first-order chi connectivity index (χ1) is 11.7. The molecule has 5 rings (SSSR count). The summed E-state index contributed by atoms with van der Waals surface area (Å²) in [6.45, 7) is 4.37. The maximum absolute atomic E-state index is 2.31. The number of benzene rings is 5. The summed E-state index contributed by atoms with van der Waals surface area (Å²) in [6.07, 6.45) is 0. The van der Waals surface area contributed by atoms with Crippen molar-refractivity contribution in [3.63, 3.8) is 0 Å². The molecule has 0 bridgehead atoms. The van der Waals surface area contributed by atoms with Gasteiger partial charge in [0.05, 0.1) is 0 Å². The zero-order chi connectivity index (χ0) is 16.3. The number of hydrogen-bond donors (Lipinski definition) is 0. The third-order valence-corrected chi connectivity index (χ3v) is 5.21. The van der Waals surface area contributed by atoms with Crippen LogP contribution in [0.4, 0.5) is 0 Å². The first-order valence-electron chi connectivity index (χ1n) is 8.46. The van der Waals surface area contributed by atoms with E-state index in [2.05, 4.69) is 86.6 Å². The second kappa shape index (κ2) is 4.82. The second-order valence-electron chi connectivity index (χ2n) is 6.79. The van der Waals surface area contributed by atoms with Gasteiger partial charge in [0.2, 0.25) is 0 Å². The molecule has 0 aliphatic rings. The fourth-order valence-electron chi connectivity index (χ4n) is 4.00. The Morgan fingerprint density at radius 2 is 1.21 bits per heavy atom. The largest absolute Gasteiger partial charge is 0.0610 e. The lowest BCUT2D eigenvalue weighted by Crippen LogP contribution is -1.89. The zero-order valence-electron chi connectivity index (χ0n) is 13.9. The van der Waals surface area contributed by atoms with E-state index in [9.17, 15) is 0 Å². The Morgan fingerprint density at radius 3 is 2.00 bits per heavy atom. The third-order valence-electron chi connectivity index (χ3n) is 5.21. The van der Waals surface area contributed by atoms with E-state index in [1.807, 2.05) is 0 Å². The molecule has 0 saturated heterocycles. The van der Waals surface area contributed by atoms with Crippen LogP contribution in [0, 0.1) is 13.8 Å². The van der Waals surface area contributed by atoms with E-state index in [1.165, 1.54) is 54.6 Å². The third kappa shape index (κ3) is 1.80. The number of rotatable bonds is 1. The maximum Gasteiger partial charge on any atom is -0.00206 e. The van der Waals surface area contributed by atoms with Crippen molar-refractivity contribution < 1.29 is 0 Å². The van der Waals surface area contributed by atoms with Gasteiger partial charge in [0.25, 0.3) is 0 Å². The van der Waals surface area contributed by atoms with E-state index in [0.29, 0.717) is 0 Å². The molecule has 0 spiro atoms. The molecule has 0 unspecified atom stereocenters. The fourth-order valence-corrected chi connectivity index (χ4v) is 4.00. The standard InChI is InChI=1S/C24H18/c1-15-6-7-16(2)22(14-15)20-12-10-19-9-8-17-4-3-5-18-11-13-21(20)24(19)23(17)18/h3-14H,1-2H3. The first kappa shape index (κ1) is 13.6. The van der Waals surface area contributed by atoms with Gasteiger partial charge in [0.15, 0.2) is 0 Å². The normalized spacial score (nSPS) is 11.8. The first-order valence-corrected chi connectivity index (χ1v) is 8.46. The molecule has 0 aliphatic heterocycles. The van der Waals surface area contributed by atoms with Crippen LogP contribution in [0.25, 0.3) is 43.4 Å². The van der Waals surface area contributed by atoms with Gasteiger partial charge in [0.1, 0.15) is 0 Å². The van der Waals surface area contributed by atoms with Gasteiger partial charge in [-0.15, -0.1) is 0 Å². The Labute approximate surface area is 141 Å². The molecule has 0 heteroatoms. The molecule has 5 aromatic rings. The van der Waals surface area contributed by atoms with Gasteiger partial charge in [0, 0.05) is 0 Å². The lowest BCUT2D eigenvalue weighted by molar-refractivity contribution is 1.40. The van der Waals surface area contributed by atoms with E-state index in [1.54, 1.807) is 0 Å². The Balaban J connectivity index is 1.99. The molecular formula is C24H18. The van der Waals surface area contributed by atoms with E-state index >= 15 is 0 Å². The van der Waals surface area contributed by atoms with E-state index in [4.69, 9.17) is 0 Å². The minimum absolute atomic E-state index is 1.31. The van der Waals surface area contributed by atoms with Gasteiger partial charge in [-0.3, -0.25) is 0 Å². The molecule has 0 atom stereocenters. The summed E-state index contributed by atoms with van der Waals surface area (Å²) in [6, 6.07) is 26.9. The van der Waals surface area contributed by atoms with Crippen LogP contribution in [0.3, 0.4) is 0 Å². The van der Waals surface area contributed by atoms with Gasteiger partial charge in [-0.05, 0) is 62.9 Å². The Hall–Kier alpha value is -2.86. The van der Waals surface area contributed by atoms with Crippen molar-refractivity contribution in [1.82, 2.24) is 0 Å². The average Bonchev–Trinajstić information content (AvgIpc) is 2.62. The SMILES string of the molecule is Cc1ccc(C)c(-c2ccc3ccc4cccc5ccc2c3c45)c1. The molecule has 0 amide bonds. The van der Waals surface area contributed by atoms with Crippen LogP contribution < -0.4 is 0 Å². The highest BCUT2D eigenvalue weighted by atomic mass is 14.2. The summed E-state index contributed by atoms with van der Waals surface area (Å²) in [4.78, 5) is 0. The minimum atomic E-state index is 1.31. The van der Waals surface area contributed by atoms with Gasteiger partial charge >= 0.3 is 0 Å². The van der Waals surface area contributed by atoms with Crippen LogP contribution in [-0.4, -0.2) is 0 Å². The predicted molar refractivity (Wildman–Crippen MR) is 105 cm³/mol. The van der Waals surface area contributed by atoms with Gasteiger partial charge in [-0.1, -0.05) is 78.4 Å². The molecule has 24 heavy (non-hydrogen) atoms. The molecule has 5 aromatic carbocycles. The van der Waals surface area contributed by atoms with Gasteiger partial charge < -0.3 is 0 Å². The van der Waals surface area contributed by atoms with Crippen LogP contribution >= 0.6 is 0 Å². The predicted octanol–water partition coefficient (Wildman–Crippen LogP) is 6.87. The van der Waals surface area contributed by atoms with Crippen molar-refractivity contribution in [1.29, 1.82) is 0 Å². The summed E-state index contributed by atoms with van der Waals surface area (Å²) in [5.74, 6) is 0. The minimum Gasteiger partial charge on any atom is -0.0610 e. The van der Waals surface area contributed by atoms with Crippen molar-refractivity contribution in [3.05, 3.63) is 83.9 Å². The maximum atomic E-state index is 2.31. The highest BCUT2D eigenvalue weighted by molar-refractivity contribution is 6.25. The highest BCUT2D eigenvalue weighted by Crippen LogP contribution is 2.39. The molecule has 114 valence electrons. The summed E-state index contributed by atoms with van der Waals surface area (Å²) >= 11 is 0. The Kier molecular flexibility index (Phi) is 2.72. The van der Waals surface area contributed by atoms with Crippen LogP contribution in [0.5, 0.6) is 0 Å². The Bertz CT molecular complexity index is 1200. The molecule has 0 nitrogen and oxygen atoms in total. The Morgan fingerprint density at radius 1 is 0.542 bits per heavy atom. The number of aryl methyl sites for hydroxylation is 2. The zero-order valence-corrected chi connectivity index (χ0v) is 13.9. The number of hydrogen-bond acceptors (Lipinski definition) is 0. The summed E-state index contributed by atoms with van der Waals surface area (Å²) in [7, 11) is 0. The van der Waals surface area contributed by atoms with Crippen molar-refractivity contribution in [2.24, 2.45) is 0 Å². The molecule has 0 N–H and O–H groups in total. The average molecular weight is 306 g/mol. The summed E-state index contributed by atoms with van der Waals surface area (Å²) < 4.78 is 0.